The Morgan fingerprint density at radius 1 is 1.16 bits per heavy atom. The van der Waals surface area contributed by atoms with E-state index in [2.05, 4.69) is 24.5 Å². The van der Waals surface area contributed by atoms with Gasteiger partial charge in [0.05, 0.1) is 0 Å². The van der Waals surface area contributed by atoms with Crippen LogP contribution in [0.4, 0.5) is 0 Å². The monoisotopic (exact) mass is 266 g/mol. The van der Waals surface area contributed by atoms with Gasteiger partial charge in [0.2, 0.25) is 0 Å². The highest BCUT2D eigenvalue weighted by molar-refractivity contribution is 4.77. The lowest BCUT2D eigenvalue weighted by molar-refractivity contribution is 0.262. The number of piperidine rings is 1. The fourth-order valence-corrected chi connectivity index (χ4v) is 3.99. The van der Waals surface area contributed by atoms with Crippen LogP contribution in [-0.2, 0) is 0 Å². The third kappa shape index (κ3) is 5.83. The Balaban J connectivity index is 1.54. The molecule has 4 atom stereocenters. The van der Waals surface area contributed by atoms with Crippen LogP contribution in [0.3, 0.4) is 0 Å². The maximum atomic E-state index is 3.75. The van der Waals surface area contributed by atoms with Crippen LogP contribution in [0.1, 0.15) is 71.6 Å². The van der Waals surface area contributed by atoms with Crippen molar-refractivity contribution in [3.63, 3.8) is 0 Å². The van der Waals surface area contributed by atoms with E-state index in [1.54, 1.807) is 0 Å². The van der Waals surface area contributed by atoms with Gasteiger partial charge < -0.3 is 10.6 Å². The van der Waals surface area contributed by atoms with Gasteiger partial charge in [-0.25, -0.2) is 0 Å². The second-order valence-corrected chi connectivity index (χ2v) is 7.16. The molecule has 0 aromatic rings. The van der Waals surface area contributed by atoms with Crippen LogP contribution in [0.5, 0.6) is 0 Å². The van der Waals surface area contributed by atoms with Gasteiger partial charge in [-0.3, -0.25) is 0 Å². The zero-order chi connectivity index (χ0) is 13.5. The predicted molar refractivity (Wildman–Crippen MR) is 83.5 cm³/mol. The maximum Gasteiger partial charge on any atom is 0.00817 e. The van der Waals surface area contributed by atoms with E-state index in [-0.39, 0.29) is 0 Å². The molecule has 1 heterocycles. The van der Waals surface area contributed by atoms with Crippen molar-refractivity contribution in [1.82, 2.24) is 10.6 Å². The third-order valence-electron chi connectivity index (χ3n) is 5.14. The molecule has 4 unspecified atom stereocenters. The Morgan fingerprint density at radius 2 is 2.05 bits per heavy atom. The van der Waals surface area contributed by atoms with E-state index < -0.39 is 0 Å². The van der Waals surface area contributed by atoms with E-state index in [4.69, 9.17) is 0 Å². The molecule has 2 nitrogen and oxygen atoms in total. The van der Waals surface area contributed by atoms with E-state index in [1.165, 1.54) is 70.9 Å². The van der Waals surface area contributed by atoms with E-state index in [0.717, 1.165) is 17.9 Å². The zero-order valence-electron chi connectivity index (χ0n) is 13.1. The molecule has 112 valence electrons. The molecule has 1 saturated heterocycles. The first-order chi connectivity index (χ1) is 9.24. The molecule has 2 rings (SSSR count). The van der Waals surface area contributed by atoms with Gasteiger partial charge in [-0.05, 0) is 64.0 Å². The minimum absolute atomic E-state index is 0.677. The molecule has 2 heteroatoms. The van der Waals surface area contributed by atoms with Crippen LogP contribution in [0, 0.1) is 11.8 Å². The van der Waals surface area contributed by atoms with Crippen LogP contribution in [0.2, 0.25) is 0 Å². The lowest BCUT2D eigenvalue weighted by Gasteiger charge is -2.29. The van der Waals surface area contributed by atoms with Gasteiger partial charge in [0.15, 0.2) is 0 Å². The molecule has 0 spiro atoms. The molecule has 2 N–H and O–H groups in total. The summed E-state index contributed by atoms with van der Waals surface area (Å²) < 4.78 is 0. The minimum Gasteiger partial charge on any atom is -0.314 e. The molecular weight excluding hydrogens is 232 g/mol. The van der Waals surface area contributed by atoms with Crippen LogP contribution < -0.4 is 10.6 Å². The van der Waals surface area contributed by atoms with Crippen LogP contribution in [-0.4, -0.2) is 25.2 Å². The van der Waals surface area contributed by atoms with Crippen LogP contribution >= 0.6 is 0 Å². The van der Waals surface area contributed by atoms with Gasteiger partial charge in [0.1, 0.15) is 0 Å². The second kappa shape index (κ2) is 8.26. The van der Waals surface area contributed by atoms with Crippen molar-refractivity contribution in [2.75, 3.05) is 13.1 Å². The van der Waals surface area contributed by atoms with Crippen LogP contribution in [0.25, 0.3) is 0 Å². The SMILES string of the molecule is CC1CCCC(CCNC(C)CC2CCCCN2)C1. The first kappa shape index (κ1) is 15.3. The average Bonchev–Trinajstić information content (AvgIpc) is 2.40. The first-order valence-corrected chi connectivity index (χ1v) is 8.71. The molecule has 0 amide bonds. The lowest BCUT2D eigenvalue weighted by Crippen LogP contribution is -2.40. The Morgan fingerprint density at radius 3 is 2.79 bits per heavy atom. The summed E-state index contributed by atoms with van der Waals surface area (Å²) >= 11 is 0. The van der Waals surface area contributed by atoms with Crippen molar-refractivity contribution in [2.24, 2.45) is 11.8 Å². The van der Waals surface area contributed by atoms with Gasteiger partial charge in [-0.1, -0.05) is 32.6 Å². The highest BCUT2D eigenvalue weighted by Gasteiger charge is 2.19. The minimum atomic E-state index is 0.677. The molecule has 1 aliphatic heterocycles. The Hall–Kier alpha value is -0.0800. The zero-order valence-corrected chi connectivity index (χ0v) is 13.1. The maximum absolute atomic E-state index is 3.75. The molecule has 2 fully saturated rings. The highest BCUT2D eigenvalue weighted by atomic mass is 15.0. The number of nitrogens with one attached hydrogen (secondary N) is 2. The second-order valence-electron chi connectivity index (χ2n) is 7.16. The summed E-state index contributed by atoms with van der Waals surface area (Å²) in [6, 6.07) is 1.45. The Kier molecular flexibility index (Phi) is 6.66. The fourth-order valence-electron chi connectivity index (χ4n) is 3.99. The first-order valence-electron chi connectivity index (χ1n) is 8.71. The molecule has 1 saturated carbocycles. The van der Waals surface area contributed by atoms with Crippen molar-refractivity contribution in [3.05, 3.63) is 0 Å². The molecular formula is C17H34N2. The summed E-state index contributed by atoms with van der Waals surface area (Å²) in [5, 5.41) is 7.41. The summed E-state index contributed by atoms with van der Waals surface area (Å²) in [4.78, 5) is 0. The lowest BCUT2D eigenvalue weighted by atomic mass is 9.81. The summed E-state index contributed by atoms with van der Waals surface area (Å²) in [7, 11) is 0. The molecule has 19 heavy (non-hydrogen) atoms. The summed E-state index contributed by atoms with van der Waals surface area (Å²) in [6.45, 7) is 7.25. The van der Waals surface area contributed by atoms with Gasteiger partial charge in [-0.2, -0.15) is 0 Å². The Labute approximate surface area is 120 Å². The fraction of sp³-hybridized carbons (Fsp3) is 1.00. The molecule has 1 aliphatic carbocycles. The van der Waals surface area contributed by atoms with Crippen molar-refractivity contribution in [2.45, 2.75) is 83.7 Å². The summed E-state index contributed by atoms with van der Waals surface area (Å²) in [6.07, 6.45) is 12.8. The van der Waals surface area contributed by atoms with E-state index in [1.807, 2.05) is 0 Å². The van der Waals surface area contributed by atoms with Gasteiger partial charge in [0.25, 0.3) is 0 Å². The molecule has 0 aromatic carbocycles. The van der Waals surface area contributed by atoms with Gasteiger partial charge >= 0.3 is 0 Å². The predicted octanol–water partition coefficient (Wildman–Crippen LogP) is 3.71. The van der Waals surface area contributed by atoms with Crippen LogP contribution in [0.15, 0.2) is 0 Å². The Bertz CT molecular complexity index is 235. The van der Waals surface area contributed by atoms with Crippen molar-refractivity contribution < 1.29 is 0 Å². The summed E-state index contributed by atoms with van der Waals surface area (Å²) in [5.74, 6) is 1.97. The van der Waals surface area contributed by atoms with Crippen molar-refractivity contribution in [3.8, 4) is 0 Å². The number of rotatable bonds is 6. The number of hydrogen-bond donors (Lipinski definition) is 2. The highest BCUT2D eigenvalue weighted by Crippen LogP contribution is 2.30. The van der Waals surface area contributed by atoms with Crippen molar-refractivity contribution in [1.29, 1.82) is 0 Å². The smallest absolute Gasteiger partial charge is 0.00817 e. The molecule has 2 aliphatic rings. The quantitative estimate of drug-likeness (QED) is 0.766. The largest absolute Gasteiger partial charge is 0.314 e. The topological polar surface area (TPSA) is 24.1 Å². The summed E-state index contributed by atoms with van der Waals surface area (Å²) in [5.41, 5.74) is 0. The van der Waals surface area contributed by atoms with E-state index >= 15 is 0 Å². The van der Waals surface area contributed by atoms with Gasteiger partial charge in [0, 0.05) is 12.1 Å². The van der Waals surface area contributed by atoms with Gasteiger partial charge in [-0.15, -0.1) is 0 Å². The van der Waals surface area contributed by atoms with Crippen molar-refractivity contribution >= 4 is 0 Å². The standard InChI is InChI=1S/C17H34N2/c1-14-6-5-7-16(12-14)9-11-18-15(2)13-17-8-3-4-10-19-17/h14-19H,3-13H2,1-2H3. The molecule has 0 bridgehead atoms. The number of hydrogen-bond acceptors (Lipinski definition) is 2. The van der Waals surface area contributed by atoms with E-state index in [0.29, 0.717) is 6.04 Å². The third-order valence-corrected chi connectivity index (χ3v) is 5.14. The molecule has 0 aromatic heterocycles. The normalized spacial score (nSPS) is 34.1. The van der Waals surface area contributed by atoms with E-state index in [9.17, 15) is 0 Å². The molecule has 0 radical (unpaired) electrons. The average molecular weight is 266 g/mol.